The predicted molar refractivity (Wildman–Crippen MR) is 64.6 cm³/mol. The molecule has 0 saturated heterocycles. The highest BCUT2D eigenvalue weighted by Gasteiger charge is 2.06. The van der Waals surface area contributed by atoms with Crippen LogP contribution in [0.25, 0.3) is 0 Å². The maximum Gasteiger partial charge on any atom is 0.126 e. The average Bonchev–Trinajstić information content (AvgIpc) is 2.29. The van der Waals surface area contributed by atoms with Gasteiger partial charge in [-0.15, -0.1) is 0 Å². The second kappa shape index (κ2) is 7.23. The molecule has 0 aliphatic heterocycles. The van der Waals surface area contributed by atoms with Crippen LogP contribution in [-0.2, 0) is 6.54 Å². The third kappa shape index (κ3) is 3.81. The minimum absolute atomic E-state index is 0.325. The van der Waals surface area contributed by atoms with E-state index < -0.39 is 0 Å². The van der Waals surface area contributed by atoms with Crippen LogP contribution >= 0.6 is 0 Å². The van der Waals surface area contributed by atoms with Gasteiger partial charge < -0.3 is 10.1 Å². The van der Waals surface area contributed by atoms with Crippen molar-refractivity contribution in [3.05, 3.63) is 29.3 Å². The Morgan fingerprint density at radius 1 is 1.38 bits per heavy atom. The van der Waals surface area contributed by atoms with Crippen molar-refractivity contribution >= 4 is 0 Å². The highest BCUT2D eigenvalue weighted by molar-refractivity contribution is 5.40. The fourth-order valence-electron chi connectivity index (χ4n) is 1.55. The van der Waals surface area contributed by atoms with Gasteiger partial charge in [-0.25, -0.2) is 0 Å². The zero-order valence-corrected chi connectivity index (χ0v) is 10.1. The lowest BCUT2D eigenvalue weighted by Gasteiger charge is -2.13. The maximum absolute atomic E-state index is 12.0. The van der Waals surface area contributed by atoms with Crippen LogP contribution < -0.4 is 10.1 Å². The smallest absolute Gasteiger partial charge is 0.126 e. The number of rotatable bonds is 7. The minimum atomic E-state index is -0.325. The van der Waals surface area contributed by atoms with E-state index in [2.05, 4.69) is 12.2 Å². The molecule has 0 amide bonds. The van der Waals surface area contributed by atoms with Crippen LogP contribution in [0.3, 0.4) is 0 Å². The van der Waals surface area contributed by atoms with E-state index in [9.17, 15) is 4.39 Å². The van der Waals surface area contributed by atoms with Gasteiger partial charge in [0.25, 0.3) is 0 Å². The summed E-state index contributed by atoms with van der Waals surface area (Å²) in [6.07, 6.45) is 0.453. The summed E-state index contributed by atoms with van der Waals surface area (Å²) >= 11 is 0. The van der Waals surface area contributed by atoms with Gasteiger partial charge >= 0.3 is 0 Å². The molecule has 0 unspecified atom stereocenters. The van der Waals surface area contributed by atoms with Gasteiger partial charge in [0, 0.05) is 18.5 Å². The van der Waals surface area contributed by atoms with Crippen molar-refractivity contribution < 1.29 is 9.13 Å². The molecule has 0 radical (unpaired) electrons. The van der Waals surface area contributed by atoms with Crippen LogP contribution in [-0.4, -0.2) is 19.8 Å². The third-order valence-electron chi connectivity index (χ3n) is 2.38. The fraction of sp³-hybridized carbons (Fsp3) is 0.538. The lowest BCUT2D eigenvalue weighted by Crippen LogP contribution is -2.13. The molecule has 16 heavy (non-hydrogen) atoms. The van der Waals surface area contributed by atoms with E-state index in [-0.39, 0.29) is 6.67 Å². The fourth-order valence-corrected chi connectivity index (χ4v) is 1.55. The molecule has 0 saturated carbocycles. The minimum Gasteiger partial charge on any atom is -0.493 e. The Morgan fingerprint density at radius 3 is 2.88 bits per heavy atom. The third-order valence-corrected chi connectivity index (χ3v) is 2.38. The number of hydrogen-bond acceptors (Lipinski definition) is 2. The molecule has 2 nitrogen and oxygen atoms in total. The number of hydrogen-bond donors (Lipinski definition) is 1. The molecule has 0 atom stereocenters. The second-order valence-electron chi connectivity index (χ2n) is 3.73. The van der Waals surface area contributed by atoms with Crippen LogP contribution in [0.5, 0.6) is 5.75 Å². The first-order chi connectivity index (χ1) is 7.79. The molecule has 90 valence electrons. The van der Waals surface area contributed by atoms with Crippen molar-refractivity contribution in [3.8, 4) is 5.75 Å². The molecule has 0 fully saturated rings. The van der Waals surface area contributed by atoms with Crippen molar-refractivity contribution in [2.75, 3.05) is 19.8 Å². The molecule has 1 N–H and O–H groups in total. The predicted octanol–water partition coefficient (Wildman–Crippen LogP) is 2.84. The average molecular weight is 225 g/mol. The molecule has 3 heteroatoms. The number of alkyl halides is 1. The zero-order valence-electron chi connectivity index (χ0n) is 10.1. The Bertz CT molecular complexity index is 315. The second-order valence-corrected chi connectivity index (χ2v) is 3.73. The van der Waals surface area contributed by atoms with E-state index >= 15 is 0 Å². The molecule has 0 bridgehead atoms. The van der Waals surface area contributed by atoms with Gasteiger partial charge in [-0.2, -0.15) is 0 Å². The quantitative estimate of drug-likeness (QED) is 0.720. The van der Waals surface area contributed by atoms with Gasteiger partial charge in [0.2, 0.25) is 0 Å². The van der Waals surface area contributed by atoms with Gasteiger partial charge in [0.1, 0.15) is 5.75 Å². The summed E-state index contributed by atoms with van der Waals surface area (Å²) in [6.45, 7) is 5.93. The van der Waals surface area contributed by atoms with Crippen LogP contribution in [0.1, 0.15) is 24.5 Å². The van der Waals surface area contributed by atoms with Gasteiger partial charge in [0.05, 0.1) is 13.3 Å². The topological polar surface area (TPSA) is 21.3 Å². The molecule has 0 aliphatic rings. The first-order valence-corrected chi connectivity index (χ1v) is 5.77. The lowest BCUT2D eigenvalue weighted by atomic mass is 10.1. The SMILES string of the molecule is CCNCc1cccc(C)c1OCCCF. The summed E-state index contributed by atoms with van der Waals surface area (Å²) in [5, 5.41) is 3.27. The molecule has 0 aliphatic carbocycles. The summed E-state index contributed by atoms with van der Waals surface area (Å²) < 4.78 is 17.6. The summed E-state index contributed by atoms with van der Waals surface area (Å²) in [4.78, 5) is 0. The Kier molecular flexibility index (Phi) is 5.86. The van der Waals surface area contributed by atoms with Gasteiger partial charge in [0.15, 0.2) is 0 Å². The summed E-state index contributed by atoms with van der Waals surface area (Å²) in [5.74, 6) is 0.900. The summed E-state index contributed by atoms with van der Waals surface area (Å²) in [7, 11) is 0. The van der Waals surface area contributed by atoms with Gasteiger partial charge in [-0.3, -0.25) is 4.39 Å². The molecule has 0 aromatic heterocycles. The molecular weight excluding hydrogens is 205 g/mol. The van der Waals surface area contributed by atoms with Crippen molar-refractivity contribution in [1.82, 2.24) is 5.32 Å². The van der Waals surface area contributed by atoms with Crippen molar-refractivity contribution in [2.45, 2.75) is 26.8 Å². The van der Waals surface area contributed by atoms with E-state index in [0.717, 1.165) is 30.0 Å². The number of nitrogens with one attached hydrogen (secondary N) is 1. The highest BCUT2D eigenvalue weighted by Crippen LogP contribution is 2.23. The Balaban J connectivity index is 2.69. The number of para-hydroxylation sites is 1. The van der Waals surface area contributed by atoms with E-state index in [4.69, 9.17) is 4.74 Å². The van der Waals surface area contributed by atoms with Crippen molar-refractivity contribution in [1.29, 1.82) is 0 Å². The monoisotopic (exact) mass is 225 g/mol. The zero-order chi connectivity index (χ0) is 11.8. The first-order valence-electron chi connectivity index (χ1n) is 5.77. The van der Waals surface area contributed by atoms with Gasteiger partial charge in [-0.05, 0) is 19.0 Å². The molecule has 0 heterocycles. The molecule has 0 spiro atoms. The van der Waals surface area contributed by atoms with Crippen molar-refractivity contribution in [2.24, 2.45) is 0 Å². The van der Waals surface area contributed by atoms with Crippen LogP contribution in [0.4, 0.5) is 4.39 Å². The number of ether oxygens (including phenoxy) is 1. The normalized spacial score (nSPS) is 10.4. The van der Waals surface area contributed by atoms with E-state index in [0.29, 0.717) is 13.0 Å². The van der Waals surface area contributed by atoms with Gasteiger partial charge in [-0.1, -0.05) is 25.1 Å². The highest BCUT2D eigenvalue weighted by atomic mass is 19.1. The standard InChI is InChI=1S/C13H20FNO/c1-3-15-10-12-7-4-6-11(2)13(12)16-9-5-8-14/h4,6-7,15H,3,5,8-10H2,1-2H3. The maximum atomic E-state index is 12.0. The Hall–Kier alpha value is -1.09. The van der Waals surface area contributed by atoms with E-state index in [1.54, 1.807) is 0 Å². The van der Waals surface area contributed by atoms with E-state index in [1.807, 2.05) is 25.1 Å². The van der Waals surface area contributed by atoms with Crippen molar-refractivity contribution in [3.63, 3.8) is 0 Å². The first kappa shape index (κ1) is 13.0. The molecule has 1 aromatic carbocycles. The molecule has 1 rings (SSSR count). The summed E-state index contributed by atoms with van der Waals surface area (Å²) in [5.41, 5.74) is 2.25. The number of aryl methyl sites for hydroxylation is 1. The molecule has 1 aromatic rings. The van der Waals surface area contributed by atoms with E-state index in [1.165, 1.54) is 0 Å². The number of benzene rings is 1. The van der Waals surface area contributed by atoms with Crippen LogP contribution in [0.15, 0.2) is 18.2 Å². The Morgan fingerprint density at radius 2 is 2.19 bits per heavy atom. The molecular formula is C13H20FNO. The largest absolute Gasteiger partial charge is 0.493 e. The lowest BCUT2D eigenvalue weighted by molar-refractivity contribution is 0.285. The number of halogens is 1. The van der Waals surface area contributed by atoms with Crippen LogP contribution in [0.2, 0.25) is 0 Å². The Labute approximate surface area is 96.8 Å². The summed E-state index contributed by atoms with van der Waals surface area (Å²) in [6, 6.07) is 6.07. The van der Waals surface area contributed by atoms with Crippen LogP contribution in [0, 0.1) is 6.92 Å².